The quantitative estimate of drug-likeness (QED) is 0.619. The SMILES string of the molecule is COc1ccc(C2CC=Cc3c2ccc(OC(C)=O)c3C)cc1. The maximum atomic E-state index is 11.2. The first-order valence-electron chi connectivity index (χ1n) is 7.72. The summed E-state index contributed by atoms with van der Waals surface area (Å²) in [7, 11) is 1.67. The second-order valence-corrected chi connectivity index (χ2v) is 5.75. The molecule has 0 spiro atoms. The second kappa shape index (κ2) is 6.29. The summed E-state index contributed by atoms with van der Waals surface area (Å²) in [6.45, 7) is 3.42. The van der Waals surface area contributed by atoms with Gasteiger partial charge in [0, 0.05) is 12.8 Å². The lowest BCUT2D eigenvalue weighted by Crippen LogP contribution is -2.09. The van der Waals surface area contributed by atoms with E-state index in [1.807, 2.05) is 25.1 Å². The van der Waals surface area contributed by atoms with Crippen LogP contribution in [-0.4, -0.2) is 13.1 Å². The van der Waals surface area contributed by atoms with Crippen molar-refractivity contribution in [1.29, 1.82) is 0 Å². The first-order chi connectivity index (χ1) is 11.1. The lowest BCUT2D eigenvalue weighted by atomic mass is 9.81. The highest BCUT2D eigenvalue weighted by molar-refractivity contribution is 5.72. The van der Waals surface area contributed by atoms with Gasteiger partial charge in [0.2, 0.25) is 0 Å². The number of hydrogen-bond acceptors (Lipinski definition) is 3. The molecule has 0 amide bonds. The van der Waals surface area contributed by atoms with Crippen LogP contribution in [0.25, 0.3) is 6.08 Å². The molecule has 1 unspecified atom stereocenters. The average molecular weight is 308 g/mol. The third kappa shape index (κ3) is 3.00. The minimum Gasteiger partial charge on any atom is -0.497 e. The molecular formula is C20H20O3. The summed E-state index contributed by atoms with van der Waals surface area (Å²) in [6, 6.07) is 12.2. The summed E-state index contributed by atoms with van der Waals surface area (Å²) in [5.74, 6) is 1.52. The molecule has 3 nitrogen and oxygen atoms in total. The van der Waals surface area contributed by atoms with Gasteiger partial charge in [0.25, 0.3) is 0 Å². The van der Waals surface area contributed by atoms with Crippen molar-refractivity contribution < 1.29 is 14.3 Å². The lowest BCUT2D eigenvalue weighted by Gasteiger charge is -2.24. The number of fused-ring (bicyclic) bond motifs is 1. The molecule has 3 rings (SSSR count). The fourth-order valence-corrected chi connectivity index (χ4v) is 3.12. The molecule has 0 aromatic heterocycles. The number of esters is 1. The summed E-state index contributed by atoms with van der Waals surface area (Å²) in [5.41, 5.74) is 4.69. The van der Waals surface area contributed by atoms with Crippen molar-refractivity contribution in [3.8, 4) is 11.5 Å². The largest absolute Gasteiger partial charge is 0.497 e. The van der Waals surface area contributed by atoms with Crippen LogP contribution < -0.4 is 9.47 Å². The molecular weight excluding hydrogens is 288 g/mol. The number of carbonyl (C=O) groups is 1. The third-order valence-corrected chi connectivity index (χ3v) is 4.30. The van der Waals surface area contributed by atoms with E-state index in [4.69, 9.17) is 9.47 Å². The molecule has 2 aromatic carbocycles. The Balaban J connectivity index is 2.00. The summed E-state index contributed by atoms with van der Waals surface area (Å²) in [4.78, 5) is 11.2. The van der Waals surface area contributed by atoms with Crippen molar-refractivity contribution >= 4 is 12.0 Å². The van der Waals surface area contributed by atoms with Gasteiger partial charge in [0.15, 0.2) is 0 Å². The highest BCUT2D eigenvalue weighted by Gasteiger charge is 2.22. The van der Waals surface area contributed by atoms with Crippen LogP contribution in [0.5, 0.6) is 11.5 Å². The summed E-state index contributed by atoms with van der Waals surface area (Å²) < 4.78 is 10.5. The Labute approximate surface area is 136 Å². The lowest BCUT2D eigenvalue weighted by molar-refractivity contribution is -0.131. The molecule has 0 saturated heterocycles. The van der Waals surface area contributed by atoms with Gasteiger partial charge in [-0.25, -0.2) is 0 Å². The van der Waals surface area contributed by atoms with Crippen LogP contribution >= 0.6 is 0 Å². The van der Waals surface area contributed by atoms with Crippen molar-refractivity contribution in [2.24, 2.45) is 0 Å². The normalized spacial score (nSPS) is 15.9. The average Bonchev–Trinajstić information content (AvgIpc) is 2.57. The van der Waals surface area contributed by atoms with Crippen molar-refractivity contribution in [3.05, 3.63) is 64.7 Å². The maximum Gasteiger partial charge on any atom is 0.308 e. The number of ether oxygens (including phenoxy) is 2. The van der Waals surface area contributed by atoms with Gasteiger partial charge in [0.05, 0.1) is 7.11 Å². The summed E-state index contributed by atoms with van der Waals surface area (Å²) in [5, 5.41) is 0. The van der Waals surface area contributed by atoms with E-state index in [-0.39, 0.29) is 5.97 Å². The molecule has 23 heavy (non-hydrogen) atoms. The van der Waals surface area contributed by atoms with Crippen molar-refractivity contribution in [2.75, 3.05) is 7.11 Å². The van der Waals surface area contributed by atoms with Crippen LogP contribution in [0.1, 0.15) is 41.5 Å². The van der Waals surface area contributed by atoms with Gasteiger partial charge in [-0.3, -0.25) is 4.79 Å². The molecule has 0 N–H and O–H groups in total. The molecule has 3 heteroatoms. The van der Waals surface area contributed by atoms with E-state index in [1.54, 1.807) is 7.11 Å². The minimum absolute atomic E-state index is 0.292. The molecule has 1 atom stereocenters. The Kier molecular flexibility index (Phi) is 4.20. The Morgan fingerprint density at radius 3 is 2.52 bits per heavy atom. The van der Waals surface area contributed by atoms with E-state index in [9.17, 15) is 4.79 Å². The van der Waals surface area contributed by atoms with Gasteiger partial charge in [-0.15, -0.1) is 0 Å². The van der Waals surface area contributed by atoms with Crippen LogP contribution in [0.3, 0.4) is 0 Å². The van der Waals surface area contributed by atoms with Gasteiger partial charge < -0.3 is 9.47 Å². The molecule has 0 aliphatic heterocycles. The van der Waals surface area contributed by atoms with Crippen LogP contribution in [0.4, 0.5) is 0 Å². The molecule has 1 aliphatic rings. The fourth-order valence-electron chi connectivity index (χ4n) is 3.12. The molecule has 0 bridgehead atoms. The molecule has 1 aliphatic carbocycles. The zero-order valence-corrected chi connectivity index (χ0v) is 13.6. The molecule has 0 radical (unpaired) electrons. The van der Waals surface area contributed by atoms with E-state index in [0.717, 1.165) is 23.3 Å². The predicted molar refractivity (Wildman–Crippen MR) is 91.0 cm³/mol. The van der Waals surface area contributed by atoms with Gasteiger partial charge in [-0.2, -0.15) is 0 Å². The predicted octanol–water partition coefficient (Wildman–Crippen LogP) is 4.48. The van der Waals surface area contributed by atoms with E-state index in [2.05, 4.69) is 30.4 Å². The summed E-state index contributed by atoms with van der Waals surface area (Å²) in [6.07, 6.45) is 5.27. The molecule has 0 saturated carbocycles. The van der Waals surface area contributed by atoms with Gasteiger partial charge >= 0.3 is 5.97 Å². The zero-order valence-electron chi connectivity index (χ0n) is 13.6. The van der Waals surface area contributed by atoms with Gasteiger partial charge in [-0.1, -0.05) is 30.4 Å². The van der Waals surface area contributed by atoms with Crippen LogP contribution in [0.2, 0.25) is 0 Å². The number of methoxy groups -OCH3 is 1. The highest BCUT2D eigenvalue weighted by atomic mass is 16.5. The Bertz CT molecular complexity index is 757. The molecule has 0 fully saturated rings. The second-order valence-electron chi connectivity index (χ2n) is 5.75. The molecule has 0 heterocycles. The topological polar surface area (TPSA) is 35.5 Å². The fraction of sp³-hybridized carbons (Fsp3) is 0.250. The first kappa shape index (κ1) is 15.3. The van der Waals surface area contributed by atoms with E-state index in [1.165, 1.54) is 18.1 Å². The highest BCUT2D eigenvalue weighted by Crippen LogP contribution is 2.39. The van der Waals surface area contributed by atoms with Gasteiger partial charge in [0.1, 0.15) is 11.5 Å². The number of allylic oxidation sites excluding steroid dienone is 1. The Hall–Kier alpha value is -2.55. The Morgan fingerprint density at radius 1 is 1.13 bits per heavy atom. The van der Waals surface area contributed by atoms with Crippen LogP contribution in [0, 0.1) is 6.92 Å². The smallest absolute Gasteiger partial charge is 0.308 e. The number of carbonyl (C=O) groups excluding carboxylic acids is 1. The van der Waals surface area contributed by atoms with E-state index in [0.29, 0.717) is 11.7 Å². The maximum absolute atomic E-state index is 11.2. The van der Waals surface area contributed by atoms with Crippen LogP contribution in [-0.2, 0) is 4.79 Å². The standard InChI is InChI=1S/C20H20O3/c1-13-17-5-4-6-18(15-7-9-16(22-3)10-8-15)19(17)11-12-20(13)23-14(2)21/h4-5,7-12,18H,6H2,1-3H3. The zero-order chi connectivity index (χ0) is 16.4. The summed E-state index contributed by atoms with van der Waals surface area (Å²) >= 11 is 0. The number of benzene rings is 2. The van der Waals surface area contributed by atoms with Crippen molar-refractivity contribution in [3.63, 3.8) is 0 Å². The molecule has 2 aromatic rings. The molecule has 118 valence electrons. The number of hydrogen-bond donors (Lipinski definition) is 0. The number of rotatable bonds is 3. The van der Waals surface area contributed by atoms with Crippen molar-refractivity contribution in [2.45, 2.75) is 26.2 Å². The van der Waals surface area contributed by atoms with E-state index < -0.39 is 0 Å². The third-order valence-electron chi connectivity index (χ3n) is 4.30. The van der Waals surface area contributed by atoms with Crippen molar-refractivity contribution in [1.82, 2.24) is 0 Å². The van der Waals surface area contributed by atoms with E-state index >= 15 is 0 Å². The van der Waals surface area contributed by atoms with Gasteiger partial charge in [-0.05, 0) is 53.8 Å². The monoisotopic (exact) mass is 308 g/mol. The Morgan fingerprint density at radius 2 is 1.87 bits per heavy atom. The van der Waals surface area contributed by atoms with Crippen LogP contribution in [0.15, 0.2) is 42.5 Å². The minimum atomic E-state index is -0.292. The first-order valence-corrected chi connectivity index (χ1v) is 7.72.